The first-order chi connectivity index (χ1) is 8.02. The van der Waals surface area contributed by atoms with Crippen LogP contribution in [-0.4, -0.2) is 24.2 Å². The second-order valence-electron chi connectivity index (χ2n) is 4.63. The highest BCUT2D eigenvalue weighted by atomic mass is 79.9. The molecule has 1 aliphatic rings. The highest BCUT2D eigenvalue weighted by Crippen LogP contribution is 2.38. The first-order valence-electron chi connectivity index (χ1n) is 5.77. The molecular formula is C13H16BrNO2. The first kappa shape index (κ1) is 12.4. The normalized spacial score (nSPS) is 16.6. The van der Waals surface area contributed by atoms with Crippen molar-refractivity contribution in [2.24, 2.45) is 5.92 Å². The molecule has 0 radical (unpaired) electrons. The van der Waals surface area contributed by atoms with Crippen LogP contribution in [0.25, 0.3) is 0 Å². The van der Waals surface area contributed by atoms with Gasteiger partial charge in [-0.3, -0.25) is 0 Å². The van der Waals surface area contributed by atoms with Gasteiger partial charge in [0.15, 0.2) is 0 Å². The predicted octanol–water partition coefficient (Wildman–Crippen LogP) is 3.38. The molecule has 0 bridgehead atoms. The summed E-state index contributed by atoms with van der Waals surface area (Å²) in [5.41, 5.74) is 1.13. The van der Waals surface area contributed by atoms with E-state index in [1.54, 1.807) is 6.07 Å². The third-order valence-electron chi connectivity index (χ3n) is 3.50. The molecule has 1 aromatic carbocycles. The van der Waals surface area contributed by atoms with Crippen LogP contribution in [0, 0.1) is 5.92 Å². The predicted molar refractivity (Wildman–Crippen MR) is 71.7 cm³/mol. The smallest absolute Gasteiger partial charge is 0.338 e. The maximum Gasteiger partial charge on any atom is 0.338 e. The lowest BCUT2D eigenvalue weighted by atomic mass is 10.1. The van der Waals surface area contributed by atoms with Crippen molar-refractivity contribution in [3.63, 3.8) is 0 Å². The van der Waals surface area contributed by atoms with E-state index in [0.717, 1.165) is 5.69 Å². The highest BCUT2D eigenvalue weighted by molar-refractivity contribution is 9.10. The van der Waals surface area contributed by atoms with E-state index < -0.39 is 5.97 Å². The van der Waals surface area contributed by atoms with Gasteiger partial charge in [0.1, 0.15) is 0 Å². The van der Waals surface area contributed by atoms with Gasteiger partial charge in [0.2, 0.25) is 0 Å². The van der Waals surface area contributed by atoms with Crippen molar-refractivity contribution in [2.75, 3.05) is 11.9 Å². The molecule has 0 heterocycles. The van der Waals surface area contributed by atoms with Gasteiger partial charge in [-0.25, -0.2) is 4.79 Å². The summed E-state index contributed by atoms with van der Waals surface area (Å²) in [6, 6.07) is 5.90. The number of halogens is 1. The summed E-state index contributed by atoms with van der Waals surface area (Å²) in [4.78, 5) is 13.4. The van der Waals surface area contributed by atoms with E-state index in [0.29, 0.717) is 22.0 Å². The van der Waals surface area contributed by atoms with Crippen molar-refractivity contribution in [3.8, 4) is 0 Å². The fourth-order valence-corrected chi connectivity index (χ4v) is 2.66. The van der Waals surface area contributed by atoms with Crippen LogP contribution in [0.5, 0.6) is 0 Å². The van der Waals surface area contributed by atoms with Crippen LogP contribution in [0.1, 0.15) is 30.1 Å². The van der Waals surface area contributed by atoms with Gasteiger partial charge in [0.05, 0.1) is 11.3 Å². The molecule has 0 amide bonds. The molecule has 3 nitrogen and oxygen atoms in total. The van der Waals surface area contributed by atoms with Crippen molar-refractivity contribution in [1.29, 1.82) is 0 Å². The van der Waals surface area contributed by atoms with Crippen LogP contribution in [0.4, 0.5) is 5.69 Å². The summed E-state index contributed by atoms with van der Waals surface area (Å²) in [5, 5.41) is 9.27. The Balaban J connectivity index is 2.36. The lowest BCUT2D eigenvalue weighted by molar-refractivity contribution is 0.0696. The van der Waals surface area contributed by atoms with E-state index in [-0.39, 0.29) is 0 Å². The number of hydrogen-bond donors (Lipinski definition) is 1. The molecule has 92 valence electrons. The molecule has 1 fully saturated rings. The van der Waals surface area contributed by atoms with Gasteiger partial charge >= 0.3 is 5.97 Å². The Labute approximate surface area is 110 Å². The number of hydrogen-bond acceptors (Lipinski definition) is 2. The number of carboxylic acids is 1. The number of carbonyl (C=O) groups is 1. The molecule has 1 aliphatic carbocycles. The molecule has 1 N–H and O–H groups in total. The molecule has 0 saturated heterocycles. The van der Waals surface area contributed by atoms with E-state index in [2.05, 4.69) is 27.8 Å². The van der Waals surface area contributed by atoms with Gasteiger partial charge in [0, 0.05) is 17.6 Å². The second-order valence-corrected chi connectivity index (χ2v) is 5.48. The zero-order valence-electron chi connectivity index (χ0n) is 9.98. The molecule has 1 atom stereocenters. The second kappa shape index (κ2) is 4.69. The van der Waals surface area contributed by atoms with E-state index in [1.165, 1.54) is 12.8 Å². The third-order valence-corrected chi connectivity index (χ3v) is 4.16. The Morgan fingerprint density at radius 2 is 2.18 bits per heavy atom. The molecule has 4 heteroatoms. The standard InChI is InChI=1S/C13H16BrNO2/c1-8(9-6-7-9)15(2)11-5-3-4-10(14)12(11)13(16)17/h3-5,8-9H,6-7H2,1-2H3,(H,16,17). The first-order valence-corrected chi connectivity index (χ1v) is 6.56. The zero-order valence-corrected chi connectivity index (χ0v) is 11.6. The van der Waals surface area contributed by atoms with Gasteiger partial charge in [-0.1, -0.05) is 6.07 Å². The molecule has 2 rings (SSSR count). The number of nitrogens with zero attached hydrogens (tertiary/aromatic N) is 1. The molecule has 0 aromatic heterocycles. The largest absolute Gasteiger partial charge is 0.478 e. The maximum atomic E-state index is 11.3. The lowest BCUT2D eigenvalue weighted by Gasteiger charge is -2.28. The van der Waals surface area contributed by atoms with Crippen molar-refractivity contribution in [2.45, 2.75) is 25.8 Å². The molecule has 17 heavy (non-hydrogen) atoms. The lowest BCUT2D eigenvalue weighted by Crippen LogP contribution is -2.31. The topological polar surface area (TPSA) is 40.5 Å². The Morgan fingerprint density at radius 3 is 2.71 bits per heavy atom. The van der Waals surface area contributed by atoms with Crippen molar-refractivity contribution in [3.05, 3.63) is 28.2 Å². The van der Waals surface area contributed by atoms with Crippen LogP contribution >= 0.6 is 15.9 Å². The van der Waals surface area contributed by atoms with E-state index in [1.807, 2.05) is 19.2 Å². The number of aromatic carboxylic acids is 1. The number of anilines is 1. The fourth-order valence-electron chi connectivity index (χ4n) is 2.13. The number of carboxylic acid groups (broad SMARTS) is 1. The molecule has 0 aliphatic heterocycles. The average Bonchev–Trinajstić information content (AvgIpc) is 3.10. The maximum absolute atomic E-state index is 11.3. The van der Waals surface area contributed by atoms with Gasteiger partial charge < -0.3 is 10.0 Å². The number of benzene rings is 1. The summed E-state index contributed by atoms with van der Waals surface area (Å²) >= 11 is 3.31. The number of rotatable bonds is 4. The summed E-state index contributed by atoms with van der Waals surface area (Å²) in [6.07, 6.45) is 2.50. The van der Waals surface area contributed by atoms with E-state index >= 15 is 0 Å². The Kier molecular flexibility index (Phi) is 3.43. The van der Waals surface area contributed by atoms with Crippen molar-refractivity contribution < 1.29 is 9.90 Å². The fraction of sp³-hybridized carbons (Fsp3) is 0.462. The van der Waals surface area contributed by atoms with Crippen LogP contribution < -0.4 is 4.90 Å². The summed E-state index contributed by atoms with van der Waals surface area (Å²) in [6.45, 7) is 2.16. The summed E-state index contributed by atoms with van der Waals surface area (Å²) in [7, 11) is 1.97. The van der Waals surface area contributed by atoms with Crippen LogP contribution in [0.15, 0.2) is 22.7 Å². The Bertz CT molecular complexity index is 443. The van der Waals surface area contributed by atoms with Crippen LogP contribution in [0.3, 0.4) is 0 Å². The molecule has 1 saturated carbocycles. The van der Waals surface area contributed by atoms with Crippen molar-refractivity contribution in [1.82, 2.24) is 0 Å². The van der Waals surface area contributed by atoms with E-state index in [4.69, 9.17) is 0 Å². The quantitative estimate of drug-likeness (QED) is 0.926. The molecule has 1 unspecified atom stereocenters. The van der Waals surface area contributed by atoms with Gasteiger partial charge in [-0.2, -0.15) is 0 Å². The molecule has 0 spiro atoms. The van der Waals surface area contributed by atoms with Gasteiger partial charge in [-0.15, -0.1) is 0 Å². The Hall–Kier alpha value is -1.03. The minimum Gasteiger partial charge on any atom is -0.478 e. The summed E-state index contributed by atoms with van der Waals surface area (Å²) < 4.78 is 0.636. The monoisotopic (exact) mass is 297 g/mol. The van der Waals surface area contributed by atoms with Gasteiger partial charge in [0.25, 0.3) is 0 Å². The average molecular weight is 298 g/mol. The zero-order chi connectivity index (χ0) is 12.6. The molecule has 1 aromatic rings. The minimum absolute atomic E-state index is 0.350. The summed E-state index contributed by atoms with van der Waals surface area (Å²) in [5.74, 6) is -0.178. The highest BCUT2D eigenvalue weighted by Gasteiger charge is 2.32. The minimum atomic E-state index is -0.887. The van der Waals surface area contributed by atoms with Crippen molar-refractivity contribution >= 4 is 27.6 Å². The third kappa shape index (κ3) is 2.46. The van der Waals surface area contributed by atoms with Crippen LogP contribution in [-0.2, 0) is 0 Å². The van der Waals surface area contributed by atoms with Crippen LogP contribution in [0.2, 0.25) is 0 Å². The van der Waals surface area contributed by atoms with E-state index in [9.17, 15) is 9.90 Å². The Morgan fingerprint density at radius 1 is 1.53 bits per heavy atom. The SMILES string of the molecule is CC(C1CC1)N(C)c1cccc(Br)c1C(=O)O. The van der Waals surface area contributed by atoms with Gasteiger partial charge in [-0.05, 0) is 53.7 Å². The molecular weight excluding hydrogens is 282 g/mol.